The van der Waals surface area contributed by atoms with E-state index in [4.69, 9.17) is 0 Å². The molecule has 0 spiro atoms. The second kappa shape index (κ2) is 4.08. The van der Waals surface area contributed by atoms with Gasteiger partial charge in [0.2, 0.25) is 0 Å². The van der Waals surface area contributed by atoms with Crippen LogP contribution in [0.2, 0.25) is 0 Å². The van der Waals surface area contributed by atoms with Crippen molar-refractivity contribution in [2.45, 2.75) is 25.8 Å². The lowest BCUT2D eigenvalue weighted by Gasteiger charge is -2.29. The Morgan fingerprint density at radius 1 is 1.39 bits per heavy atom. The highest BCUT2D eigenvalue weighted by Crippen LogP contribution is 2.34. The van der Waals surface area contributed by atoms with Gasteiger partial charge < -0.3 is 4.90 Å². The molecule has 1 aliphatic carbocycles. The van der Waals surface area contributed by atoms with Gasteiger partial charge in [-0.3, -0.25) is 14.9 Å². The Balaban J connectivity index is 1.88. The molecular formula is C13H14N2O3. The van der Waals surface area contributed by atoms with Gasteiger partial charge in [-0.2, -0.15) is 0 Å². The summed E-state index contributed by atoms with van der Waals surface area (Å²) in [5, 5.41) is 10.9. The number of rotatable bonds is 3. The summed E-state index contributed by atoms with van der Waals surface area (Å²) in [6.45, 7) is 1.26. The number of nitro groups is 1. The Morgan fingerprint density at radius 3 is 2.78 bits per heavy atom. The maximum Gasteiger partial charge on any atom is 0.282 e. The van der Waals surface area contributed by atoms with Crippen molar-refractivity contribution in [3.8, 4) is 0 Å². The van der Waals surface area contributed by atoms with Gasteiger partial charge in [0.1, 0.15) is 5.56 Å². The number of carbonyl (C=O) groups excluding carboxylic acids is 1. The maximum atomic E-state index is 12.2. The van der Waals surface area contributed by atoms with Crippen molar-refractivity contribution in [3.05, 3.63) is 39.4 Å². The highest BCUT2D eigenvalue weighted by atomic mass is 16.6. The molecule has 1 fully saturated rings. The quantitative estimate of drug-likeness (QED) is 0.607. The molecule has 3 rings (SSSR count). The Hall–Kier alpha value is -1.91. The Morgan fingerprint density at radius 2 is 2.17 bits per heavy atom. The first-order valence-electron chi connectivity index (χ1n) is 6.22. The van der Waals surface area contributed by atoms with Gasteiger partial charge in [-0.15, -0.1) is 0 Å². The number of hydrogen-bond donors (Lipinski definition) is 0. The van der Waals surface area contributed by atoms with Crippen molar-refractivity contribution in [2.75, 3.05) is 6.54 Å². The van der Waals surface area contributed by atoms with Crippen molar-refractivity contribution >= 4 is 11.6 Å². The molecule has 5 nitrogen and oxygen atoms in total. The first-order chi connectivity index (χ1) is 8.66. The molecule has 1 saturated carbocycles. The largest absolute Gasteiger partial charge is 0.334 e. The lowest BCUT2D eigenvalue weighted by molar-refractivity contribution is -0.385. The predicted octanol–water partition coefficient (Wildman–Crippen LogP) is 2.35. The van der Waals surface area contributed by atoms with Crippen molar-refractivity contribution < 1.29 is 9.72 Å². The molecule has 1 heterocycles. The minimum Gasteiger partial charge on any atom is -0.334 e. The van der Waals surface area contributed by atoms with Crippen LogP contribution in [0.4, 0.5) is 5.69 Å². The fourth-order valence-corrected chi connectivity index (χ4v) is 2.69. The molecule has 0 aromatic heterocycles. The van der Waals surface area contributed by atoms with Gasteiger partial charge in [0.25, 0.3) is 11.6 Å². The molecule has 5 heteroatoms. The van der Waals surface area contributed by atoms with E-state index in [2.05, 4.69) is 0 Å². The highest BCUT2D eigenvalue weighted by molar-refractivity contribution is 6.02. The van der Waals surface area contributed by atoms with Crippen LogP contribution in [0.1, 0.15) is 35.2 Å². The second-order valence-electron chi connectivity index (χ2n) is 5.05. The van der Waals surface area contributed by atoms with E-state index < -0.39 is 4.92 Å². The zero-order chi connectivity index (χ0) is 12.7. The third kappa shape index (κ3) is 1.66. The van der Waals surface area contributed by atoms with E-state index in [9.17, 15) is 14.9 Å². The molecule has 2 aliphatic rings. The maximum absolute atomic E-state index is 12.2. The van der Waals surface area contributed by atoms with Gasteiger partial charge in [-0.25, -0.2) is 0 Å². The van der Waals surface area contributed by atoms with E-state index in [0.29, 0.717) is 18.0 Å². The zero-order valence-electron chi connectivity index (χ0n) is 9.96. The molecule has 0 atom stereocenters. The predicted molar refractivity (Wildman–Crippen MR) is 65.2 cm³/mol. The van der Waals surface area contributed by atoms with E-state index in [1.54, 1.807) is 17.0 Å². The first-order valence-corrected chi connectivity index (χ1v) is 6.22. The molecule has 0 unspecified atom stereocenters. The van der Waals surface area contributed by atoms with Gasteiger partial charge in [-0.1, -0.05) is 18.6 Å². The second-order valence-corrected chi connectivity index (χ2v) is 5.05. The van der Waals surface area contributed by atoms with Crippen LogP contribution < -0.4 is 0 Å². The average molecular weight is 246 g/mol. The molecular weight excluding hydrogens is 232 g/mol. The van der Waals surface area contributed by atoms with Crippen molar-refractivity contribution in [1.29, 1.82) is 0 Å². The van der Waals surface area contributed by atoms with Crippen LogP contribution in [-0.2, 0) is 6.54 Å². The summed E-state index contributed by atoms with van der Waals surface area (Å²) < 4.78 is 0. The van der Waals surface area contributed by atoms with Crippen LogP contribution in [0.15, 0.2) is 18.2 Å². The normalized spacial score (nSPS) is 18.7. The van der Waals surface area contributed by atoms with Gasteiger partial charge in [0.05, 0.1) is 4.92 Å². The number of nitrogens with zero attached hydrogens (tertiary/aromatic N) is 2. The van der Waals surface area contributed by atoms with Crippen molar-refractivity contribution in [3.63, 3.8) is 0 Å². The third-order valence-electron chi connectivity index (χ3n) is 3.89. The lowest BCUT2D eigenvalue weighted by Crippen LogP contribution is -2.32. The Kier molecular flexibility index (Phi) is 2.54. The molecule has 1 aromatic carbocycles. The van der Waals surface area contributed by atoms with Crippen LogP contribution in [-0.4, -0.2) is 22.3 Å². The number of carbonyl (C=O) groups is 1. The molecule has 18 heavy (non-hydrogen) atoms. The summed E-state index contributed by atoms with van der Waals surface area (Å²) >= 11 is 0. The van der Waals surface area contributed by atoms with Crippen LogP contribution in [0.3, 0.4) is 0 Å². The van der Waals surface area contributed by atoms with Crippen molar-refractivity contribution in [2.24, 2.45) is 5.92 Å². The van der Waals surface area contributed by atoms with Crippen LogP contribution in [0.25, 0.3) is 0 Å². The number of amides is 1. The minimum atomic E-state index is -0.469. The van der Waals surface area contributed by atoms with Gasteiger partial charge in [0, 0.05) is 19.2 Å². The van der Waals surface area contributed by atoms with E-state index in [1.165, 1.54) is 25.3 Å². The summed E-state index contributed by atoms with van der Waals surface area (Å²) in [5.41, 5.74) is 1.02. The molecule has 1 amide bonds. The number of fused-ring (bicyclic) bond motifs is 1. The van der Waals surface area contributed by atoms with E-state index in [1.807, 2.05) is 0 Å². The van der Waals surface area contributed by atoms with E-state index >= 15 is 0 Å². The molecule has 1 aromatic rings. The summed E-state index contributed by atoms with van der Waals surface area (Å²) in [6, 6.07) is 4.86. The monoisotopic (exact) mass is 246 g/mol. The smallest absolute Gasteiger partial charge is 0.282 e. The highest BCUT2D eigenvalue weighted by Gasteiger charge is 2.35. The summed E-state index contributed by atoms with van der Waals surface area (Å²) in [6.07, 6.45) is 3.57. The SMILES string of the molecule is O=C1c2c(cccc2[N+](=O)[O-])CN1CC1CCC1. The molecule has 0 N–H and O–H groups in total. The molecule has 0 saturated heterocycles. The number of nitro benzene ring substituents is 1. The van der Waals surface area contributed by atoms with E-state index in [-0.39, 0.29) is 11.6 Å². The zero-order valence-corrected chi connectivity index (χ0v) is 9.96. The average Bonchev–Trinajstić information content (AvgIpc) is 2.61. The standard InChI is InChI=1S/C13H14N2O3/c16-13-12-10(5-2-6-11(12)15(17)18)8-14(13)7-9-3-1-4-9/h2,5-6,9H,1,3-4,7-8H2. The number of hydrogen-bond acceptors (Lipinski definition) is 3. The van der Waals surface area contributed by atoms with Crippen LogP contribution in [0.5, 0.6) is 0 Å². The minimum absolute atomic E-state index is 0.0615. The summed E-state index contributed by atoms with van der Waals surface area (Å²) in [5.74, 6) is 0.409. The molecule has 1 aliphatic heterocycles. The molecule has 0 radical (unpaired) electrons. The van der Waals surface area contributed by atoms with Gasteiger partial charge >= 0.3 is 0 Å². The Bertz CT molecular complexity index is 523. The van der Waals surface area contributed by atoms with Crippen LogP contribution in [0, 0.1) is 16.0 Å². The van der Waals surface area contributed by atoms with E-state index in [0.717, 1.165) is 12.1 Å². The molecule has 94 valence electrons. The van der Waals surface area contributed by atoms with Gasteiger partial charge in [-0.05, 0) is 24.3 Å². The lowest BCUT2D eigenvalue weighted by atomic mass is 9.85. The Labute approximate surface area is 105 Å². The topological polar surface area (TPSA) is 63.4 Å². The third-order valence-corrected chi connectivity index (χ3v) is 3.89. The summed E-state index contributed by atoms with van der Waals surface area (Å²) in [7, 11) is 0. The van der Waals surface area contributed by atoms with Gasteiger partial charge in [0.15, 0.2) is 0 Å². The van der Waals surface area contributed by atoms with Crippen LogP contribution >= 0.6 is 0 Å². The summed E-state index contributed by atoms with van der Waals surface area (Å²) in [4.78, 5) is 24.4. The molecule has 0 bridgehead atoms. The first kappa shape index (κ1) is 11.2. The fraction of sp³-hybridized carbons (Fsp3) is 0.462. The fourth-order valence-electron chi connectivity index (χ4n) is 2.69. The van der Waals surface area contributed by atoms with Crippen molar-refractivity contribution in [1.82, 2.24) is 4.90 Å². The number of benzene rings is 1.